The van der Waals surface area contributed by atoms with E-state index in [9.17, 15) is 14.9 Å². The van der Waals surface area contributed by atoms with Gasteiger partial charge in [-0.1, -0.05) is 12.2 Å². The first kappa shape index (κ1) is 10.9. The first-order chi connectivity index (χ1) is 7.15. The maximum atomic E-state index is 10.7. The lowest BCUT2D eigenvalue weighted by Gasteiger charge is -1.98. The maximum Gasteiger partial charge on any atom is 0.278 e. The van der Waals surface area contributed by atoms with E-state index in [0.717, 1.165) is 6.29 Å². The Bertz CT molecular complexity index is 413. The van der Waals surface area contributed by atoms with Crippen LogP contribution >= 0.6 is 0 Å². The summed E-state index contributed by atoms with van der Waals surface area (Å²) in [5.41, 5.74) is 6.16. The van der Waals surface area contributed by atoms with Gasteiger partial charge in [0.25, 0.3) is 5.69 Å². The van der Waals surface area contributed by atoms with E-state index in [0.29, 0.717) is 11.3 Å². The van der Waals surface area contributed by atoms with Gasteiger partial charge in [-0.2, -0.15) is 0 Å². The van der Waals surface area contributed by atoms with E-state index in [-0.39, 0.29) is 12.1 Å². The van der Waals surface area contributed by atoms with Gasteiger partial charge in [0, 0.05) is 18.2 Å². The summed E-state index contributed by atoms with van der Waals surface area (Å²) in [6, 6.07) is 4.42. The van der Waals surface area contributed by atoms with Crippen molar-refractivity contribution in [2.45, 2.75) is 6.42 Å². The number of carbonyl (C=O) groups is 1. The fourth-order valence-corrected chi connectivity index (χ4v) is 1.11. The molecule has 0 aliphatic rings. The Hall–Kier alpha value is -2.17. The smallest absolute Gasteiger partial charge is 0.278 e. The second-order valence-corrected chi connectivity index (χ2v) is 2.88. The molecule has 0 unspecified atom stereocenters. The Morgan fingerprint density at radius 1 is 1.47 bits per heavy atom. The third-order valence-corrected chi connectivity index (χ3v) is 1.78. The molecule has 5 heteroatoms. The van der Waals surface area contributed by atoms with Crippen molar-refractivity contribution in [3.8, 4) is 0 Å². The predicted octanol–water partition coefficient (Wildman–Crippen LogP) is 1.78. The van der Waals surface area contributed by atoms with Gasteiger partial charge in [-0.3, -0.25) is 10.1 Å². The molecule has 78 valence electrons. The molecular weight excluding hydrogens is 196 g/mol. The van der Waals surface area contributed by atoms with Crippen LogP contribution in [0.4, 0.5) is 11.4 Å². The van der Waals surface area contributed by atoms with E-state index in [1.807, 2.05) is 0 Å². The van der Waals surface area contributed by atoms with Crippen molar-refractivity contribution >= 4 is 23.7 Å². The zero-order chi connectivity index (χ0) is 11.3. The van der Waals surface area contributed by atoms with Crippen molar-refractivity contribution in [2.24, 2.45) is 0 Å². The molecule has 0 atom stereocenters. The van der Waals surface area contributed by atoms with Crippen LogP contribution in [0, 0.1) is 10.1 Å². The Kier molecular flexibility index (Phi) is 3.56. The fourth-order valence-electron chi connectivity index (χ4n) is 1.11. The Morgan fingerprint density at radius 3 is 2.80 bits per heavy atom. The monoisotopic (exact) mass is 206 g/mol. The highest BCUT2D eigenvalue weighted by molar-refractivity contribution is 5.66. The first-order valence-electron chi connectivity index (χ1n) is 4.29. The Balaban J connectivity index is 3.05. The average molecular weight is 206 g/mol. The number of nitro benzene ring substituents is 1. The van der Waals surface area contributed by atoms with Gasteiger partial charge < -0.3 is 10.5 Å². The van der Waals surface area contributed by atoms with Crippen LogP contribution in [0.2, 0.25) is 0 Å². The molecule has 0 bridgehead atoms. The summed E-state index contributed by atoms with van der Waals surface area (Å²) < 4.78 is 0. The van der Waals surface area contributed by atoms with Gasteiger partial charge in [0.1, 0.15) is 6.29 Å². The van der Waals surface area contributed by atoms with E-state index in [1.54, 1.807) is 18.2 Å². The van der Waals surface area contributed by atoms with Crippen LogP contribution in [0.5, 0.6) is 0 Å². The molecule has 0 spiro atoms. The standard InChI is InChI=1S/C10H10N2O3/c11-9-5-4-8(3-1-2-6-13)10(7-9)12(14)15/h1,3-7H,2,11H2. The van der Waals surface area contributed by atoms with E-state index in [4.69, 9.17) is 5.73 Å². The van der Waals surface area contributed by atoms with E-state index in [2.05, 4.69) is 0 Å². The van der Waals surface area contributed by atoms with Crippen LogP contribution in [0.3, 0.4) is 0 Å². The maximum absolute atomic E-state index is 10.7. The van der Waals surface area contributed by atoms with Crippen LogP contribution in [-0.4, -0.2) is 11.2 Å². The molecule has 0 aromatic heterocycles. The van der Waals surface area contributed by atoms with Gasteiger partial charge in [0.2, 0.25) is 0 Å². The highest BCUT2D eigenvalue weighted by Gasteiger charge is 2.10. The SMILES string of the molecule is Nc1ccc(C=CCC=O)c([N+](=O)[O-])c1. The van der Waals surface area contributed by atoms with Gasteiger partial charge in [-0.15, -0.1) is 0 Å². The van der Waals surface area contributed by atoms with Crippen LogP contribution in [0.15, 0.2) is 24.3 Å². The lowest BCUT2D eigenvalue weighted by molar-refractivity contribution is -0.385. The largest absolute Gasteiger partial charge is 0.399 e. The number of nitrogens with two attached hydrogens (primary N) is 1. The van der Waals surface area contributed by atoms with Crippen molar-refractivity contribution in [1.29, 1.82) is 0 Å². The zero-order valence-corrected chi connectivity index (χ0v) is 7.92. The first-order valence-corrected chi connectivity index (χ1v) is 4.29. The molecular formula is C10H10N2O3. The number of allylic oxidation sites excluding steroid dienone is 1. The number of aldehydes is 1. The van der Waals surface area contributed by atoms with E-state index >= 15 is 0 Å². The summed E-state index contributed by atoms with van der Waals surface area (Å²) in [5.74, 6) is 0. The molecule has 0 aliphatic heterocycles. The Morgan fingerprint density at radius 2 is 2.20 bits per heavy atom. The quantitative estimate of drug-likeness (QED) is 0.352. The number of hydrogen-bond acceptors (Lipinski definition) is 4. The molecule has 1 rings (SSSR count). The van der Waals surface area contributed by atoms with Crippen molar-refractivity contribution in [2.75, 3.05) is 5.73 Å². The van der Waals surface area contributed by atoms with Crippen LogP contribution < -0.4 is 5.73 Å². The van der Waals surface area contributed by atoms with Gasteiger partial charge in [0.05, 0.1) is 10.5 Å². The second-order valence-electron chi connectivity index (χ2n) is 2.88. The highest BCUT2D eigenvalue weighted by Crippen LogP contribution is 2.22. The average Bonchev–Trinajstić information content (AvgIpc) is 2.20. The molecule has 1 aromatic carbocycles. The number of hydrogen-bond donors (Lipinski definition) is 1. The van der Waals surface area contributed by atoms with Crippen molar-refractivity contribution < 1.29 is 9.72 Å². The van der Waals surface area contributed by atoms with Crippen molar-refractivity contribution in [3.05, 3.63) is 40.0 Å². The van der Waals surface area contributed by atoms with Crippen molar-refractivity contribution in [1.82, 2.24) is 0 Å². The third-order valence-electron chi connectivity index (χ3n) is 1.78. The molecule has 0 radical (unpaired) electrons. The summed E-state index contributed by atoms with van der Waals surface area (Å²) in [7, 11) is 0. The van der Waals surface area contributed by atoms with Crippen LogP contribution in [0.1, 0.15) is 12.0 Å². The summed E-state index contributed by atoms with van der Waals surface area (Å²) in [6.07, 6.45) is 4.05. The van der Waals surface area contributed by atoms with E-state index in [1.165, 1.54) is 12.1 Å². The molecule has 5 nitrogen and oxygen atoms in total. The van der Waals surface area contributed by atoms with Crippen LogP contribution in [0.25, 0.3) is 6.08 Å². The number of nitrogens with zero attached hydrogens (tertiary/aromatic N) is 1. The number of benzene rings is 1. The predicted molar refractivity (Wildman–Crippen MR) is 57.2 cm³/mol. The molecule has 0 heterocycles. The summed E-state index contributed by atoms with van der Waals surface area (Å²) in [5, 5.41) is 10.7. The molecule has 15 heavy (non-hydrogen) atoms. The molecule has 0 amide bonds. The minimum absolute atomic E-state index is 0.0582. The number of anilines is 1. The lowest BCUT2D eigenvalue weighted by atomic mass is 10.1. The van der Waals surface area contributed by atoms with Gasteiger partial charge in [-0.05, 0) is 12.1 Å². The normalized spacial score (nSPS) is 10.4. The second kappa shape index (κ2) is 4.90. The lowest BCUT2D eigenvalue weighted by Crippen LogP contribution is -1.94. The topological polar surface area (TPSA) is 86.2 Å². The van der Waals surface area contributed by atoms with Gasteiger partial charge >= 0.3 is 0 Å². The van der Waals surface area contributed by atoms with Gasteiger partial charge in [-0.25, -0.2) is 0 Å². The molecule has 0 fully saturated rings. The minimum atomic E-state index is -0.503. The Labute approximate surface area is 86.4 Å². The van der Waals surface area contributed by atoms with Gasteiger partial charge in [0.15, 0.2) is 0 Å². The number of nitro groups is 1. The van der Waals surface area contributed by atoms with Crippen LogP contribution in [-0.2, 0) is 4.79 Å². The molecule has 0 saturated heterocycles. The number of rotatable bonds is 4. The minimum Gasteiger partial charge on any atom is -0.399 e. The third kappa shape index (κ3) is 2.91. The molecule has 0 saturated carbocycles. The van der Waals surface area contributed by atoms with E-state index < -0.39 is 4.92 Å². The molecule has 0 aliphatic carbocycles. The highest BCUT2D eigenvalue weighted by atomic mass is 16.6. The number of nitrogen functional groups attached to an aromatic ring is 1. The fraction of sp³-hybridized carbons (Fsp3) is 0.100. The summed E-state index contributed by atoms with van der Waals surface area (Å²) in [4.78, 5) is 20.2. The summed E-state index contributed by atoms with van der Waals surface area (Å²) in [6.45, 7) is 0. The summed E-state index contributed by atoms with van der Waals surface area (Å²) >= 11 is 0. The molecule has 2 N–H and O–H groups in total. The number of carbonyl (C=O) groups excluding carboxylic acids is 1. The molecule has 1 aromatic rings. The zero-order valence-electron chi connectivity index (χ0n) is 7.92. The van der Waals surface area contributed by atoms with Crippen molar-refractivity contribution in [3.63, 3.8) is 0 Å².